The number of thiophene rings is 1. The number of hydrogen-bond donors (Lipinski definition) is 1. The number of rotatable bonds is 2. The average molecular weight is 379 g/mol. The normalized spacial score (nSPS) is 12.8. The molecule has 1 aromatic heterocycles. The SMILES string of the molecule is Cc1cc(F)ccc1C(N)c1cc(Br)c(Br)s1. The van der Waals surface area contributed by atoms with Crippen molar-refractivity contribution in [2.75, 3.05) is 0 Å². The molecule has 2 N–H and O–H groups in total. The number of aryl methyl sites for hydroxylation is 1. The van der Waals surface area contributed by atoms with Crippen molar-refractivity contribution < 1.29 is 4.39 Å². The van der Waals surface area contributed by atoms with E-state index < -0.39 is 0 Å². The summed E-state index contributed by atoms with van der Waals surface area (Å²) in [7, 11) is 0. The van der Waals surface area contributed by atoms with E-state index >= 15 is 0 Å². The van der Waals surface area contributed by atoms with Gasteiger partial charge < -0.3 is 5.73 Å². The van der Waals surface area contributed by atoms with Crippen molar-refractivity contribution >= 4 is 43.2 Å². The topological polar surface area (TPSA) is 26.0 Å². The highest BCUT2D eigenvalue weighted by Gasteiger charge is 2.15. The molecule has 0 spiro atoms. The molecular formula is C12H10Br2FNS. The molecule has 2 aromatic rings. The summed E-state index contributed by atoms with van der Waals surface area (Å²) in [5, 5.41) is 0. The van der Waals surface area contributed by atoms with E-state index in [1.165, 1.54) is 12.1 Å². The van der Waals surface area contributed by atoms with Crippen LogP contribution >= 0.6 is 43.2 Å². The van der Waals surface area contributed by atoms with Crippen molar-refractivity contribution in [3.05, 3.63) is 54.3 Å². The maximum atomic E-state index is 13.0. The van der Waals surface area contributed by atoms with Crippen LogP contribution in [0.2, 0.25) is 0 Å². The van der Waals surface area contributed by atoms with E-state index in [0.717, 1.165) is 24.3 Å². The Balaban J connectivity index is 2.39. The molecule has 1 atom stereocenters. The Bertz CT molecular complexity index is 534. The molecule has 90 valence electrons. The van der Waals surface area contributed by atoms with Gasteiger partial charge in [-0.3, -0.25) is 0 Å². The highest BCUT2D eigenvalue weighted by molar-refractivity contribution is 9.13. The molecule has 0 saturated heterocycles. The lowest BCUT2D eigenvalue weighted by Gasteiger charge is -2.13. The molecular weight excluding hydrogens is 369 g/mol. The summed E-state index contributed by atoms with van der Waals surface area (Å²) in [6, 6.07) is 6.47. The Kier molecular flexibility index (Phi) is 4.02. The van der Waals surface area contributed by atoms with Gasteiger partial charge in [-0.2, -0.15) is 0 Å². The first kappa shape index (κ1) is 13.2. The van der Waals surface area contributed by atoms with Crippen LogP contribution in [0, 0.1) is 12.7 Å². The zero-order valence-electron chi connectivity index (χ0n) is 9.01. The Hall–Kier alpha value is -0.230. The lowest BCUT2D eigenvalue weighted by Crippen LogP contribution is -2.11. The van der Waals surface area contributed by atoms with Crippen LogP contribution in [0.25, 0.3) is 0 Å². The fraction of sp³-hybridized carbons (Fsp3) is 0.167. The molecule has 0 bridgehead atoms. The second kappa shape index (κ2) is 5.18. The zero-order valence-corrected chi connectivity index (χ0v) is 13.0. The van der Waals surface area contributed by atoms with Gasteiger partial charge in [0, 0.05) is 9.35 Å². The molecule has 2 rings (SSSR count). The number of benzene rings is 1. The summed E-state index contributed by atoms with van der Waals surface area (Å²) in [6.45, 7) is 1.87. The Morgan fingerprint density at radius 2 is 2.00 bits per heavy atom. The van der Waals surface area contributed by atoms with Crippen molar-refractivity contribution in [3.8, 4) is 0 Å². The molecule has 0 aliphatic carbocycles. The molecule has 17 heavy (non-hydrogen) atoms. The van der Waals surface area contributed by atoms with E-state index in [0.29, 0.717) is 0 Å². The van der Waals surface area contributed by atoms with Crippen molar-refractivity contribution in [1.29, 1.82) is 0 Å². The van der Waals surface area contributed by atoms with Crippen LogP contribution < -0.4 is 5.73 Å². The van der Waals surface area contributed by atoms with Gasteiger partial charge in [0.15, 0.2) is 0 Å². The largest absolute Gasteiger partial charge is 0.320 e. The summed E-state index contributed by atoms with van der Waals surface area (Å²) >= 11 is 8.46. The van der Waals surface area contributed by atoms with Gasteiger partial charge in [0.05, 0.1) is 9.83 Å². The first-order valence-corrected chi connectivity index (χ1v) is 7.35. The van der Waals surface area contributed by atoms with Crippen molar-refractivity contribution in [1.82, 2.24) is 0 Å². The van der Waals surface area contributed by atoms with Crippen LogP contribution in [-0.4, -0.2) is 0 Å². The number of nitrogens with two attached hydrogens (primary N) is 1. The van der Waals surface area contributed by atoms with Crippen molar-refractivity contribution in [2.24, 2.45) is 5.73 Å². The summed E-state index contributed by atoms with van der Waals surface area (Å²) in [4.78, 5) is 1.04. The van der Waals surface area contributed by atoms with Crippen LogP contribution in [-0.2, 0) is 0 Å². The van der Waals surface area contributed by atoms with Gasteiger partial charge in [0.1, 0.15) is 5.82 Å². The Morgan fingerprint density at radius 1 is 1.29 bits per heavy atom. The van der Waals surface area contributed by atoms with E-state index in [9.17, 15) is 4.39 Å². The zero-order chi connectivity index (χ0) is 12.6. The first-order chi connectivity index (χ1) is 7.99. The Labute approximate surface area is 120 Å². The van der Waals surface area contributed by atoms with Gasteiger partial charge in [-0.1, -0.05) is 6.07 Å². The molecule has 5 heteroatoms. The quantitative estimate of drug-likeness (QED) is 0.800. The minimum Gasteiger partial charge on any atom is -0.320 e. The van der Waals surface area contributed by atoms with E-state index in [2.05, 4.69) is 31.9 Å². The van der Waals surface area contributed by atoms with E-state index in [4.69, 9.17) is 5.73 Å². The molecule has 0 aliphatic rings. The summed E-state index contributed by atoms with van der Waals surface area (Å²) in [6.07, 6.45) is 0. The highest BCUT2D eigenvalue weighted by atomic mass is 79.9. The minimum atomic E-state index is -0.230. The average Bonchev–Trinajstić information content (AvgIpc) is 2.58. The van der Waals surface area contributed by atoms with Gasteiger partial charge in [-0.15, -0.1) is 11.3 Å². The maximum absolute atomic E-state index is 13.0. The lowest BCUT2D eigenvalue weighted by atomic mass is 10.0. The van der Waals surface area contributed by atoms with Crippen LogP contribution in [0.3, 0.4) is 0 Å². The standard InChI is InChI=1S/C12H10Br2FNS/c1-6-4-7(15)2-3-8(6)11(16)10-5-9(13)12(14)17-10/h2-5,11H,16H2,1H3. The van der Waals surface area contributed by atoms with Crippen LogP contribution in [0.4, 0.5) is 4.39 Å². The third-order valence-electron chi connectivity index (χ3n) is 2.54. The van der Waals surface area contributed by atoms with Crippen LogP contribution in [0.1, 0.15) is 22.0 Å². The Morgan fingerprint density at radius 3 is 2.53 bits per heavy atom. The molecule has 0 fully saturated rings. The number of halogens is 3. The lowest BCUT2D eigenvalue weighted by molar-refractivity contribution is 0.625. The highest BCUT2D eigenvalue weighted by Crippen LogP contribution is 2.37. The van der Waals surface area contributed by atoms with E-state index in [-0.39, 0.29) is 11.9 Å². The predicted molar refractivity (Wildman–Crippen MR) is 76.9 cm³/mol. The maximum Gasteiger partial charge on any atom is 0.123 e. The second-order valence-electron chi connectivity index (χ2n) is 3.75. The summed E-state index contributed by atoms with van der Waals surface area (Å²) in [5.74, 6) is -0.230. The summed E-state index contributed by atoms with van der Waals surface area (Å²) in [5.41, 5.74) is 8.02. The summed E-state index contributed by atoms with van der Waals surface area (Å²) < 4.78 is 15.0. The third kappa shape index (κ3) is 2.78. The molecule has 0 aliphatic heterocycles. The second-order valence-corrected chi connectivity index (χ2v) is 7.01. The smallest absolute Gasteiger partial charge is 0.123 e. The van der Waals surface area contributed by atoms with Crippen LogP contribution in [0.5, 0.6) is 0 Å². The van der Waals surface area contributed by atoms with Gasteiger partial charge in [-0.25, -0.2) is 4.39 Å². The number of hydrogen-bond acceptors (Lipinski definition) is 2. The molecule has 1 aromatic carbocycles. The molecule has 0 radical (unpaired) electrons. The monoisotopic (exact) mass is 377 g/mol. The van der Waals surface area contributed by atoms with Crippen molar-refractivity contribution in [2.45, 2.75) is 13.0 Å². The first-order valence-electron chi connectivity index (χ1n) is 4.95. The van der Waals surface area contributed by atoms with Crippen molar-refractivity contribution in [3.63, 3.8) is 0 Å². The predicted octanol–water partition coefficient (Wildman–Crippen LogP) is 4.77. The molecule has 1 unspecified atom stereocenters. The van der Waals surface area contributed by atoms with E-state index in [1.807, 2.05) is 13.0 Å². The third-order valence-corrected chi connectivity index (χ3v) is 5.88. The van der Waals surface area contributed by atoms with Gasteiger partial charge in [-0.05, 0) is 68.1 Å². The molecule has 1 heterocycles. The fourth-order valence-corrected chi connectivity index (χ4v) is 3.77. The van der Waals surface area contributed by atoms with Crippen LogP contribution in [0.15, 0.2) is 32.5 Å². The van der Waals surface area contributed by atoms with E-state index in [1.54, 1.807) is 17.4 Å². The molecule has 1 nitrogen and oxygen atoms in total. The van der Waals surface area contributed by atoms with Gasteiger partial charge in [0.2, 0.25) is 0 Å². The molecule has 0 amide bonds. The molecule has 0 saturated carbocycles. The van der Waals surface area contributed by atoms with Gasteiger partial charge in [0.25, 0.3) is 0 Å². The van der Waals surface area contributed by atoms with Gasteiger partial charge >= 0.3 is 0 Å². The minimum absolute atomic E-state index is 0.219. The fourth-order valence-electron chi connectivity index (χ4n) is 1.66.